The van der Waals surface area contributed by atoms with E-state index < -0.39 is 5.82 Å². The average Bonchev–Trinajstić information content (AvgIpc) is 2.24. The van der Waals surface area contributed by atoms with Crippen molar-refractivity contribution in [3.63, 3.8) is 0 Å². The third-order valence-electron chi connectivity index (χ3n) is 2.17. The largest absolute Gasteiger partial charge is 0.493 e. The molecule has 0 saturated carbocycles. The molecular formula is C11H13BrClFO. The van der Waals surface area contributed by atoms with E-state index in [4.69, 9.17) is 16.3 Å². The first-order valence-corrected chi connectivity index (χ1v) is 6.31. The normalized spacial score (nSPS) is 12.5. The lowest BCUT2D eigenvalue weighted by molar-refractivity contribution is 0.259. The molecule has 0 amide bonds. The van der Waals surface area contributed by atoms with Crippen LogP contribution in [0.5, 0.6) is 5.75 Å². The molecule has 1 nitrogen and oxygen atoms in total. The Morgan fingerprint density at radius 3 is 2.80 bits per heavy atom. The first kappa shape index (κ1) is 12.8. The van der Waals surface area contributed by atoms with E-state index in [0.29, 0.717) is 18.3 Å². The lowest BCUT2D eigenvalue weighted by Gasteiger charge is -2.13. The van der Waals surface area contributed by atoms with Crippen molar-refractivity contribution >= 4 is 27.5 Å². The van der Waals surface area contributed by atoms with Crippen LogP contribution in [0.3, 0.4) is 0 Å². The van der Waals surface area contributed by atoms with Crippen LogP contribution in [0, 0.1) is 11.7 Å². The highest BCUT2D eigenvalue weighted by molar-refractivity contribution is 9.09. The Balaban J connectivity index is 2.54. The molecule has 0 aromatic heterocycles. The van der Waals surface area contributed by atoms with Gasteiger partial charge in [0.2, 0.25) is 0 Å². The SMILES string of the molecule is CCC(CBr)COc1ccc(Cl)c(F)c1. The van der Waals surface area contributed by atoms with Crippen LogP contribution in [0.2, 0.25) is 5.02 Å². The van der Waals surface area contributed by atoms with Gasteiger partial charge in [0.15, 0.2) is 0 Å². The zero-order chi connectivity index (χ0) is 11.3. The third-order valence-corrected chi connectivity index (χ3v) is 3.39. The van der Waals surface area contributed by atoms with Crippen molar-refractivity contribution in [2.45, 2.75) is 13.3 Å². The van der Waals surface area contributed by atoms with Crippen molar-refractivity contribution in [2.75, 3.05) is 11.9 Å². The van der Waals surface area contributed by atoms with Gasteiger partial charge in [-0.15, -0.1) is 0 Å². The van der Waals surface area contributed by atoms with E-state index >= 15 is 0 Å². The number of halogens is 3. The highest BCUT2D eigenvalue weighted by atomic mass is 79.9. The maximum absolute atomic E-state index is 13.0. The minimum absolute atomic E-state index is 0.120. The fraction of sp³-hybridized carbons (Fsp3) is 0.455. The van der Waals surface area contributed by atoms with Gasteiger partial charge in [-0.25, -0.2) is 4.39 Å². The molecule has 0 bridgehead atoms. The molecule has 0 heterocycles. The van der Waals surface area contributed by atoms with Crippen LogP contribution in [-0.4, -0.2) is 11.9 Å². The molecule has 1 rings (SSSR count). The van der Waals surface area contributed by atoms with E-state index in [0.717, 1.165) is 11.8 Å². The van der Waals surface area contributed by atoms with Crippen LogP contribution >= 0.6 is 27.5 Å². The summed E-state index contributed by atoms with van der Waals surface area (Å²) >= 11 is 8.96. The first-order chi connectivity index (χ1) is 7.17. The van der Waals surface area contributed by atoms with Gasteiger partial charge in [-0.05, 0) is 18.6 Å². The van der Waals surface area contributed by atoms with Gasteiger partial charge in [-0.1, -0.05) is 34.5 Å². The first-order valence-electron chi connectivity index (χ1n) is 4.81. The highest BCUT2D eigenvalue weighted by Crippen LogP contribution is 2.21. The quantitative estimate of drug-likeness (QED) is 0.737. The molecule has 4 heteroatoms. The molecule has 84 valence electrons. The number of ether oxygens (including phenoxy) is 1. The second kappa shape index (κ2) is 6.33. The Hall–Kier alpha value is -0.280. The minimum atomic E-state index is -0.443. The Morgan fingerprint density at radius 2 is 2.27 bits per heavy atom. The summed E-state index contributed by atoms with van der Waals surface area (Å²) in [4.78, 5) is 0. The Morgan fingerprint density at radius 1 is 1.53 bits per heavy atom. The van der Waals surface area contributed by atoms with Crippen molar-refractivity contribution in [3.8, 4) is 5.75 Å². The van der Waals surface area contributed by atoms with Gasteiger partial charge in [0.05, 0.1) is 11.6 Å². The van der Waals surface area contributed by atoms with Crippen molar-refractivity contribution < 1.29 is 9.13 Å². The summed E-state index contributed by atoms with van der Waals surface area (Å²) in [5.41, 5.74) is 0. The van der Waals surface area contributed by atoms with E-state index in [1.165, 1.54) is 12.1 Å². The van der Waals surface area contributed by atoms with Crippen molar-refractivity contribution in [1.82, 2.24) is 0 Å². The van der Waals surface area contributed by atoms with Crippen LogP contribution in [-0.2, 0) is 0 Å². The molecule has 0 radical (unpaired) electrons. The summed E-state index contributed by atoms with van der Waals surface area (Å²) in [5, 5.41) is 1.01. The molecule has 0 aliphatic heterocycles. The molecule has 1 aromatic rings. The van der Waals surface area contributed by atoms with Gasteiger partial charge < -0.3 is 4.74 Å². The second-order valence-electron chi connectivity index (χ2n) is 3.32. The predicted molar refractivity (Wildman–Crippen MR) is 64.5 cm³/mol. The summed E-state index contributed by atoms with van der Waals surface area (Å²) < 4.78 is 18.5. The summed E-state index contributed by atoms with van der Waals surface area (Å²) in [6, 6.07) is 4.48. The standard InChI is InChI=1S/C11H13BrClFO/c1-2-8(6-12)7-15-9-3-4-10(13)11(14)5-9/h3-5,8H,2,6-7H2,1H3. The van der Waals surface area contributed by atoms with Crippen LogP contribution in [0.15, 0.2) is 18.2 Å². The van der Waals surface area contributed by atoms with E-state index in [9.17, 15) is 4.39 Å². The second-order valence-corrected chi connectivity index (χ2v) is 4.37. The lowest BCUT2D eigenvalue weighted by atomic mass is 10.1. The third kappa shape index (κ3) is 3.99. The Labute approximate surface area is 103 Å². The smallest absolute Gasteiger partial charge is 0.145 e. The monoisotopic (exact) mass is 294 g/mol. The number of benzene rings is 1. The Kier molecular flexibility index (Phi) is 5.40. The molecule has 0 aliphatic rings. The topological polar surface area (TPSA) is 9.23 Å². The lowest BCUT2D eigenvalue weighted by Crippen LogP contribution is -2.12. The molecule has 0 N–H and O–H groups in total. The summed E-state index contributed by atoms with van der Waals surface area (Å²) in [7, 11) is 0. The summed E-state index contributed by atoms with van der Waals surface area (Å²) in [5.74, 6) is 0.529. The van der Waals surface area contributed by atoms with Crippen molar-refractivity contribution in [3.05, 3.63) is 29.0 Å². The van der Waals surface area contributed by atoms with Crippen LogP contribution in [0.4, 0.5) is 4.39 Å². The average molecular weight is 296 g/mol. The van der Waals surface area contributed by atoms with E-state index in [1.807, 2.05) is 0 Å². The molecule has 1 atom stereocenters. The van der Waals surface area contributed by atoms with Gasteiger partial charge >= 0.3 is 0 Å². The van der Waals surface area contributed by atoms with Gasteiger partial charge in [0.1, 0.15) is 11.6 Å². The Bertz CT molecular complexity index is 315. The molecule has 0 spiro atoms. The van der Waals surface area contributed by atoms with Crippen molar-refractivity contribution in [2.24, 2.45) is 5.92 Å². The molecular weight excluding hydrogens is 282 g/mol. The fourth-order valence-corrected chi connectivity index (χ4v) is 1.81. The van der Waals surface area contributed by atoms with Crippen LogP contribution in [0.25, 0.3) is 0 Å². The molecule has 15 heavy (non-hydrogen) atoms. The molecule has 0 saturated heterocycles. The van der Waals surface area contributed by atoms with Crippen LogP contribution in [0.1, 0.15) is 13.3 Å². The maximum Gasteiger partial charge on any atom is 0.145 e. The number of alkyl halides is 1. The summed E-state index contributed by atoms with van der Waals surface area (Å²) in [6.07, 6.45) is 1.03. The molecule has 1 unspecified atom stereocenters. The van der Waals surface area contributed by atoms with E-state index in [-0.39, 0.29) is 5.02 Å². The van der Waals surface area contributed by atoms with Crippen molar-refractivity contribution in [1.29, 1.82) is 0 Å². The highest BCUT2D eigenvalue weighted by Gasteiger charge is 2.06. The number of rotatable bonds is 5. The zero-order valence-corrected chi connectivity index (χ0v) is 10.8. The predicted octanol–water partition coefficient (Wildman–Crippen LogP) is 4.28. The van der Waals surface area contributed by atoms with Gasteiger partial charge in [0.25, 0.3) is 0 Å². The van der Waals surface area contributed by atoms with Crippen LogP contribution < -0.4 is 4.74 Å². The fourth-order valence-electron chi connectivity index (χ4n) is 1.05. The molecule has 1 aromatic carbocycles. The van der Waals surface area contributed by atoms with Gasteiger partial charge in [-0.2, -0.15) is 0 Å². The van der Waals surface area contributed by atoms with Gasteiger partial charge in [0, 0.05) is 17.3 Å². The minimum Gasteiger partial charge on any atom is -0.493 e. The summed E-state index contributed by atoms with van der Waals surface area (Å²) in [6.45, 7) is 2.68. The zero-order valence-electron chi connectivity index (χ0n) is 8.47. The number of hydrogen-bond donors (Lipinski definition) is 0. The van der Waals surface area contributed by atoms with E-state index in [2.05, 4.69) is 22.9 Å². The molecule has 0 fully saturated rings. The number of hydrogen-bond acceptors (Lipinski definition) is 1. The maximum atomic E-state index is 13.0. The van der Waals surface area contributed by atoms with Gasteiger partial charge in [-0.3, -0.25) is 0 Å². The van der Waals surface area contributed by atoms with E-state index in [1.54, 1.807) is 6.07 Å². The molecule has 0 aliphatic carbocycles.